The summed E-state index contributed by atoms with van der Waals surface area (Å²) < 4.78 is 2.11. The van der Waals surface area contributed by atoms with Crippen molar-refractivity contribution in [2.24, 2.45) is 5.10 Å². The number of nitrogens with zero attached hydrogens (tertiary/aromatic N) is 2. The molecule has 1 amide bonds. The highest BCUT2D eigenvalue weighted by Crippen LogP contribution is 2.32. The molecule has 0 bridgehead atoms. The number of amides is 1. The largest absolute Gasteiger partial charge is 0.340 e. The van der Waals surface area contributed by atoms with Gasteiger partial charge in [0.15, 0.2) is 0 Å². The van der Waals surface area contributed by atoms with Gasteiger partial charge in [0.25, 0.3) is 0 Å². The molecule has 0 saturated carbocycles. The molecule has 3 aromatic carbocycles. The number of rotatable bonds is 5. The second kappa shape index (κ2) is 8.05. The van der Waals surface area contributed by atoms with Gasteiger partial charge in [0.05, 0.1) is 6.21 Å². The smallest absolute Gasteiger partial charge is 0.241 e. The molecule has 4 aromatic rings. The van der Waals surface area contributed by atoms with Crippen LogP contribution in [-0.2, 0) is 11.3 Å². The fraction of sp³-hybridized carbons (Fsp3) is 0.0909. The number of carbonyl (C=O) groups is 1. The predicted molar refractivity (Wildman–Crippen MR) is 116 cm³/mol. The van der Waals surface area contributed by atoms with Crippen LogP contribution in [0.3, 0.4) is 0 Å². The summed E-state index contributed by atoms with van der Waals surface area (Å²) in [5.74, 6) is -0.148. The lowest BCUT2D eigenvalue weighted by Gasteiger charge is -2.07. The molecule has 0 atom stereocenters. The molecule has 0 aliphatic heterocycles. The average molecular weight is 410 g/mol. The normalized spacial score (nSPS) is 11.5. The van der Waals surface area contributed by atoms with E-state index in [0.717, 1.165) is 27.4 Å². The number of hydrogen-bond donors (Lipinski definition) is 1. The summed E-state index contributed by atoms with van der Waals surface area (Å²) in [6.45, 7) is 0.524. The van der Waals surface area contributed by atoms with E-state index >= 15 is 0 Å². The highest BCUT2D eigenvalue weighted by atomic mass is 35.5. The molecule has 28 heavy (non-hydrogen) atoms. The Morgan fingerprint density at radius 2 is 1.54 bits per heavy atom. The molecule has 1 heterocycles. The number of halogens is 2. The highest BCUT2D eigenvalue weighted by Gasteiger charge is 2.12. The van der Waals surface area contributed by atoms with Crippen molar-refractivity contribution in [1.82, 2.24) is 9.99 Å². The molecule has 140 valence electrons. The van der Waals surface area contributed by atoms with Crippen LogP contribution in [0.5, 0.6) is 0 Å². The van der Waals surface area contributed by atoms with Gasteiger partial charge in [-0.2, -0.15) is 5.10 Å². The first-order chi connectivity index (χ1) is 13.6. The van der Waals surface area contributed by atoms with E-state index in [9.17, 15) is 4.79 Å². The molecular formula is C22H17Cl2N3O. The van der Waals surface area contributed by atoms with Crippen molar-refractivity contribution in [3.05, 3.63) is 82.3 Å². The Kier molecular flexibility index (Phi) is 5.33. The maximum atomic E-state index is 12.2. The van der Waals surface area contributed by atoms with Crippen molar-refractivity contribution in [2.75, 3.05) is 0 Å². The Balaban J connectivity index is 1.54. The lowest BCUT2D eigenvalue weighted by molar-refractivity contribution is -0.121. The maximum Gasteiger partial charge on any atom is 0.241 e. The van der Waals surface area contributed by atoms with Crippen LogP contribution in [-0.4, -0.2) is 16.7 Å². The molecule has 0 aliphatic rings. The number of fused-ring (bicyclic) bond motifs is 3. The molecule has 0 aliphatic carbocycles. The van der Waals surface area contributed by atoms with E-state index in [1.807, 2.05) is 66.7 Å². The summed E-state index contributed by atoms with van der Waals surface area (Å²) in [4.78, 5) is 12.2. The summed E-state index contributed by atoms with van der Waals surface area (Å²) in [6.07, 6.45) is 1.93. The van der Waals surface area contributed by atoms with Crippen molar-refractivity contribution in [1.29, 1.82) is 0 Å². The minimum atomic E-state index is -0.148. The van der Waals surface area contributed by atoms with E-state index in [4.69, 9.17) is 23.2 Å². The van der Waals surface area contributed by atoms with Crippen LogP contribution in [0.2, 0.25) is 10.0 Å². The Labute approximate surface area is 172 Å². The average Bonchev–Trinajstić information content (AvgIpc) is 2.99. The highest BCUT2D eigenvalue weighted by molar-refractivity contribution is 6.33. The fourth-order valence-electron chi connectivity index (χ4n) is 3.28. The monoisotopic (exact) mass is 409 g/mol. The Morgan fingerprint density at radius 1 is 0.929 bits per heavy atom. The van der Waals surface area contributed by atoms with Gasteiger partial charge in [-0.25, -0.2) is 5.43 Å². The molecule has 4 rings (SSSR count). The number of benzene rings is 3. The quantitative estimate of drug-likeness (QED) is 0.336. The topological polar surface area (TPSA) is 46.4 Å². The van der Waals surface area contributed by atoms with Gasteiger partial charge >= 0.3 is 0 Å². The van der Waals surface area contributed by atoms with Crippen molar-refractivity contribution >= 4 is 57.1 Å². The molecule has 1 N–H and O–H groups in total. The van der Waals surface area contributed by atoms with Crippen LogP contribution in [0, 0.1) is 0 Å². The minimum absolute atomic E-state index is 0.148. The lowest BCUT2D eigenvalue weighted by Crippen LogP contribution is -2.19. The number of aromatic nitrogens is 1. The van der Waals surface area contributed by atoms with Gasteiger partial charge < -0.3 is 4.57 Å². The van der Waals surface area contributed by atoms with E-state index in [0.29, 0.717) is 23.0 Å². The van der Waals surface area contributed by atoms with E-state index in [1.54, 1.807) is 6.21 Å². The van der Waals surface area contributed by atoms with E-state index < -0.39 is 0 Å². The van der Waals surface area contributed by atoms with Gasteiger partial charge in [-0.1, -0.05) is 53.5 Å². The summed E-state index contributed by atoms with van der Waals surface area (Å²) in [5.41, 5.74) is 5.54. The van der Waals surface area contributed by atoms with Crippen LogP contribution in [0.15, 0.2) is 71.8 Å². The third-order valence-corrected chi connectivity index (χ3v) is 5.02. The molecule has 4 nitrogen and oxygen atoms in total. The molecule has 0 fully saturated rings. The van der Waals surface area contributed by atoms with E-state index in [-0.39, 0.29) is 5.91 Å². The molecule has 0 unspecified atom stereocenters. The second-order valence-electron chi connectivity index (χ2n) is 6.43. The van der Waals surface area contributed by atoms with Crippen LogP contribution < -0.4 is 5.43 Å². The van der Waals surface area contributed by atoms with Gasteiger partial charge in [0, 0.05) is 44.8 Å². The van der Waals surface area contributed by atoms with Gasteiger partial charge in [-0.3, -0.25) is 4.79 Å². The van der Waals surface area contributed by atoms with Crippen molar-refractivity contribution in [3.8, 4) is 0 Å². The predicted octanol–water partition coefficient (Wildman–Crippen LogP) is 5.64. The molecule has 0 spiro atoms. The van der Waals surface area contributed by atoms with Crippen LogP contribution in [0.25, 0.3) is 21.8 Å². The second-order valence-corrected chi connectivity index (χ2v) is 7.30. The molecule has 0 radical (unpaired) electrons. The number of aryl methyl sites for hydroxylation is 1. The molecule has 6 heteroatoms. The molecule has 0 saturated heterocycles. The SMILES string of the molecule is O=C(CCn1c2ccc(Cl)cc2c2cc(Cl)ccc21)N/N=C/c1ccccc1. The van der Waals surface area contributed by atoms with Gasteiger partial charge in [0.2, 0.25) is 5.91 Å². The zero-order chi connectivity index (χ0) is 19.5. The van der Waals surface area contributed by atoms with Crippen LogP contribution in [0.1, 0.15) is 12.0 Å². The van der Waals surface area contributed by atoms with Gasteiger partial charge in [-0.15, -0.1) is 0 Å². The fourth-order valence-corrected chi connectivity index (χ4v) is 3.62. The van der Waals surface area contributed by atoms with Gasteiger partial charge in [-0.05, 0) is 42.0 Å². The van der Waals surface area contributed by atoms with Gasteiger partial charge in [0.1, 0.15) is 0 Å². The minimum Gasteiger partial charge on any atom is -0.340 e. The number of hydrogen-bond acceptors (Lipinski definition) is 2. The van der Waals surface area contributed by atoms with Crippen LogP contribution >= 0.6 is 23.2 Å². The molecular weight excluding hydrogens is 393 g/mol. The van der Waals surface area contributed by atoms with Crippen molar-refractivity contribution < 1.29 is 4.79 Å². The Hall–Kier alpha value is -2.82. The summed E-state index contributed by atoms with van der Waals surface area (Å²) in [6, 6.07) is 21.1. The van der Waals surface area contributed by atoms with E-state index in [1.165, 1.54) is 0 Å². The zero-order valence-corrected chi connectivity index (χ0v) is 16.4. The number of carbonyl (C=O) groups excluding carboxylic acids is 1. The number of nitrogens with one attached hydrogen (secondary N) is 1. The van der Waals surface area contributed by atoms with Crippen LogP contribution in [0.4, 0.5) is 0 Å². The van der Waals surface area contributed by atoms with Crippen molar-refractivity contribution in [3.63, 3.8) is 0 Å². The lowest BCUT2D eigenvalue weighted by atomic mass is 10.1. The third-order valence-electron chi connectivity index (χ3n) is 4.55. The first kappa shape index (κ1) is 18.5. The standard InChI is InChI=1S/C22H17Cl2N3O/c23-16-6-8-20-18(12-16)19-13-17(24)7-9-21(19)27(20)11-10-22(28)26-25-14-15-4-2-1-3-5-15/h1-9,12-14H,10-11H2,(H,26,28)/b25-14+. The first-order valence-electron chi connectivity index (χ1n) is 8.86. The maximum absolute atomic E-state index is 12.2. The summed E-state index contributed by atoms with van der Waals surface area (Å²) in [7, 11) is 0. The summed E-state index contributed by atoms with van der Waals surface area (Å²) in [5, 5.41) is 7.39. The zero-order valence-electron chi connectivity index (χ0n) is 14.9. The molecule has 1 aromatic heterocycles. The summed E-state index contributed by atoms with van der Waals surface area (Å²) >= 11 is 12.4. The van der Waals surface area contributed by atoms with E-state index in [2.05, 4.69) is 15.1 Å². The Bertz CT molecular complexity index is 1120. The van der Waals surface area contributed by atoms with Crippen molar-refractivity contribution in [2.45, 2.75) is 13.0 Å². The third kappa shape index (κ3) is 3.88. The Morgan fingerprint density at radius 3 is 2.14 bits per heavy atom. The first-order valence-corrected chi connectivity index (χ1v) is 9.61. The number of hydrazone groups is 1.